The minimum absolute atomic E-state index is 0.00960. The first-order chi connectivity index (χ1) is 13.5. The van der Waals surface area contributed by atoms with Gasteiger partial charge in [0, 0.05) is 18.2 Å². The fraction of sp³-hybridized carbons (Fsp3) is 0.0870. The molecule has 3 aromatic rings. The van der Waals surface area contributed by atoms with Crippen LogP contribution >= 0.6 is 0 Å². The minimum atomic E-state index is -0.457. The van der Waals surface area contributed by atoms with E-state index in [1.54, 1.807) is 18.2 Å². The van der Waals surface area contributed by atoms with Crippen LogP contribution in [-0.2, 0) is 4.79 Å². The molecule has 0 aliphatic carbocycles. The Morgan fingerprint density at radius 3 is 2.43 bits per heavy atom. The van der Waals surface area contributed by atoms with E-state index in [1.807, 2.05) is 61.5 Å². The van der Waals surface area contributed by atoms with Crippen LogP contribution in [0.15, 0.2) is 84.9 Å². The highest BCUT2D eigenvalue weighted by atomic mass is 16.6. The average molecular weight is 372 g/mol. The number of benzene rings is 3. The standard InChI is InChI=1S/C23H20N2O3/c1-17-8-5-6-13-21(17)23(19-10-3-2-4-11-19)24-22(26)15-14-18-9-7-12-20(16-18)25(27)28/h2-16,23H,1H3,(H,24,26)/b15-14+/t23-/m0/s1. The second kappa shape index (κ2) is 8.77. The van der Waals surface area contributed by atoms with E-state index in [0.29, 0.717) is 5.56 Å². The summed E-state index contributed by atoms with van der Waals surface area (Å²) in [4.78, 5) is 23.0. The smallest absolute Gasteiger partial charge is 0.270 e. The number of nitro groups is 1. The maximum Gasteiger partial charge on any atom is 0.270 e. The van der Waals surface area contributed by atoms with Gasteiger partial charge in [-0.3, -0.25) is 14.9 Å². The molecule has 1 amide bonds. The summed E-state index contributed by atoms with van der Waals surface area (Å²) in [6.07, 6.45) is 2.97. The van der Waals surface area contributed by atoms with Crippen LogP contribution in [0.1, 0.15) is 28.3 Å². The van der Waals surface area contributed by atoms with Crippen LogP contribution in [-0.4, -0.2) is 10.8 Å². The molecule has 5 nitrogen and oxygen atoms in total. The molecule has 28 heavy (non-hydrogen) atoms. The van der Waals surface area contributed by atoms with Crippen molar-refractivity contribution >= 4 is 17.7 Å². The Labute approximate surface area is 163 Å². The third-order valence-corrected chi connectivity index (χ3v) is 4.43. The third kappa shape index (κ3) is 4.71. The van der Waals surface area contributed by atoms with Crippen molar-refractivity contribution in [1.82, 2.24) is 5.32 Å². The lowest BCUT2D eigenvalue weighted by atomic mass is 9.95. The lowest BCUT2D eigenvalue weighted by Gasteiger charge is -2.21. The lowest BCUT2D eigenvalue weighted by molar-refractivity contribution is -0.384. The Morgan fingerprint density at radius 2 is 1.71 bits per heavy atom. The van der Waals surface area contributed by atoms with E-state index in [1.165, 1.54) is 18.2 Å². The SMILES string of the molecule is Cc1ccccc1[C@@H](NC(=O)/C=C/c1cccc([N+](=O)[O-])c1)c1ccccc1. The molecule has 0 aliphatic rings. The topological polar surface area (TPSA) is 72.2 Å². The highest BCUT2D eigenvalue weighted by Gasteiger charge is 2.17. The van der Waals surface area contributed by atoms with E-state index in [0.717, 1.165) is 16.7 Å². The highest BCUT2D eigenvalue weighted by molar-refractivity contribution is 5.92. The van der Waals surface area contributed by atoms with Crippen LogP contribution < -0.4 is 5.32 Å². The number of hydrogen-bond acceptors (Lipinski definition) is 3. The number of aryl methyl sites for hydroxylation is 1. The molecule has 3 aromatic carbocycles. The molecule has 0 saturated carbocycles. The highest BCUT2D eigenvalue weighted by Crippen LogP contribution is 2.25. The van der Waals surface area contributed by atoms with Gasteiger partial charge in [-0.2, -0.15) is 0 Å². The summed E-state index contributed by atoms with van der Waals surface area (Å²) >= 11 is 0. The van der Waals surface area contributed by atoms with Crippen LogP contribution in [0.4, 0.5) is 5.69 Å². The van der Waals surface area contributed by atoms with Crippen LogP contribution in [0.3, 0.4) is 0 Å². The molecule has 140 valence electrons. The van der Waals surface area contributed by atoms with Gasteiger partial charge in [-0.25, -0.2) is 0 Å². The molecule has 0 bridgehead atoms. The van der Waals surface area contributed by atoms with Crippen molar-refractivity contribution in [1.29, 1.82) is 0 Å². The number of carbonyl (C=O) groups is 1. The predicted octanol–water partition coefficient (Wildman–Crippen LogP) is 4.82. The van der Waals surface area contributed by atoms with Gasteiger partial charge in [0.2, 0.25) is 5.91 Å². The fourth-order valence-corrected chi connectivity index (χ4v) is 3.00. The lowest BCUT2D eigenvalue weighted by Crippen LogP contribution is -2.28. The third-order valence-electron chi connectivity index (χ3n) is 4.43. The maximum absolute atomic E-state index is 12.6. The Bertz CT molecular complexity index is 1010. The summed E-state index contributed by atoms with van der Waals surface area (Å²) in [5.74, 6) is -0.274. The molecule has 0 spiro atoms. The molecule has 0 aliphatic heterocycles. The van der Waals surface area contributed by atoms with Crippen molar-refractivity contribution < 1.29 is 9.72 Å². The minimum Gasteiger partial charge on any atom is -0.342 e. The van der Waals surface area contributed by atoms with E-state index < -0.39 is 4.92 Å². The van der Waals surface area contributed by atoms with Crippen molar-refractivity contribution in [2.45, 2.75) is 13.0 Å². The molecule has 0 fully saturated rings. The van der Waals surface area contributed by atoms with Gasteiger partial charge in [0.25, 0.3) is 5.69 Å². The quantitative estimate of drug-likeness (QED) is 0.383. The van der Waals surface area contributed by atoms with Crippen LogP contribution in [0, 0.1) is 17.0 Å². The summed E-state index contributed by atoms with van der Waals surface area (Å²) in [7, 11) is 0. The average Bonchev–Trinajstić information content (AvgIpc) is 2.72. The molecule has 0 saturated heterocycles. The summed E-state index contributed by atoms with van der Waals surface area (Å²) in [6.45, 7) is 2.01. The second-order valence-electron chi connectivity index (χ2n) is 6.39. The molecule has 3 rings (SSSR count). The van der Waals surface area contributed by atoms with E-state index in [9.17, 15) is 14.9 Å². The Hall–Kier alpha value is -3.73. The number of non-ortho nitro benzene ring substituents is 1. The first-order valence-corrected chi connectivity index (χ1v) is 8.88. The summed E-state index contributed by atoms with van der Waals surface area (Å²) in [6, 6.07) is 23.5. The fourth-order valence-electron chi connectivity index (χ4n) is 3.00. The van der Waals surface area contributed by atoms with Gasteiger partial charge in [0.15, 0.2) is 0 Å². The normalized spacial score (nSPS) is 11.9. The zero-order valence-electron chi connectivity index (χ0n) is 15.4. The Morgan fingerprint density at radius 1 is 1.00 bits per heavy atom. The predicted molar refractivity (Wildman–Crippen MR) is 110 cm³/mol. The van der Waals surface area contributed by atoms with Gasteiger partial charge in [-0.05, 0) is 35.3 Å². The molecule has 5 heteroatoms. The number of hydrogen-bond donors (Lipinski definition) is 1. The first-order valence-electron chi connectivity index (χ1n) is 8.88. The van der Waals surface area contributed by atoms with Gasteiger partial charge < -0.3 is 5.32 Å². The second-order valence-corrected chi connectivity index (χ2v) is 6.39. The largest absolute Gasteiger partial charge is 0.342 e. The Kier molecular flexibility index (Phi) is 5.97. The van der Waals surface area contributed by atoms with Gasteiger partial charge in [0.1, 0.15) is 0 Å². The van der Waals surface area contributed by atoms with E-state index in [-0.39, 0.29) is 17.6 Å². The van der Waals surface area contributed by atoms with Gasteiger partial charge >= 0.3 is 0 Å². The number of nitro benzene ring substituents is 1. The Balaban J connectivity index is 1.83. The molecule has 0 unspecified atom stereocenters. The molecule has 1 atom stereocenters. The molecule has 0 radical (unpaired) electrons. The van der Waals surface area contributed by atoms with Crippen molar-refractivity contribution in [3.8, 4) is 0 Å². The van der Waals surface area contributed by atoms with Gasteiger partial charge in [0.05, 0.1) is 11.0 Å². The number of amides is 1. The molecular formula is C23H20N2O3. The molecule has 1 N–H and O–H groups in total. The van der Waals surface area contributed by atoms with Crippen LogP contribution in [0.5, 0.6) is 0 Å². The van der Waals surface area contributed by atoms with Gasteiger partial charge in [-0.15, -0.1) is 0 Å². The maximum atomic E-state index is 12.6. The van der Waals surface area contributed by atoms with Crippen molar-refractivity contribution in [3.63, 3.8) is 0 Å². The van der Waals surface area contributed by atoms with E-state index in [4.69, 9.17) is 0 Å². The zero-order chi connectivity index (χ0) is 19.9. The number of carbonyl (C=O) groups excluding carboxylic acids is 1. The van der Waals surface area contributed by atoms with E-state index >= 15 is 0 Å². The summed E-state index contributed by atoms with van der Waals surface area (Å²) in [5.41, 5.74) is 3.67. The van der Waals surface area contributed by atoms with Gasteiger partial charge in [-0.1, -0.05) is 66.7 Å². The number of nitrogens with one attached hydrogen (secondary N) is 1. The number of rotatable bonds is 6. The monoisotopic (exact) mass is 372 g/mol. The molecule has 0 aromatic heterocycles. The van der Waals surface area contributed by atoms with Crippen LogP contribution in [0.25, 0.3) is 6.08 Å². The molecule has 0 heterocycles. The number of nitrogens with zero attached hydrogens (tertiary/aromatic N) is 1. The summed E-state index contributed by atoms with van der Waals surface area (Å²) in [5, 5.41) is 13.9. The zero-order valence-corrected chi connectivity index (χ0v) is 15.4. The van der Waals surface area contributed by atoms with Crippen molar-refractivity contribution in [2.24, 2.45) is 0 Å². The van der Waals surface area contributed by atoms with Crippen molar-refractivity contribution in [3.05, 3.63) is 117 Å². The van der Waals surface area contributed by atoms with Crippen LogP contribution in [0.2, 0.25) is 0 Å². The van der Waals surface area contributed by atoms with E-state index in [2.05, 4.69) is 5.32 Å². The van der Waals surface area contributed by atoms with Crippen molar-refractivity contribution in [2.75, 3.05) is 0 Å². The molecular weight excluding hydrogens is 352 g/mol. The first kappa shape index (κ1) is 19.0. The summed E-state index contributed by atoms with van der Waals surface area (Å²) < 4.78 is 0.